The molecule has 0 aliphatic rings. The van der Waals surface area contributed by atoms with Gasteiger partial charge in [0.2, 0.25) is 0 Å². The van der Waals surface area contributed by atoms with Crippen molar-refractivity contribution in [2.45, 2.75) is 13.0 Å². The van der Waals surface area contributed by atoms with Gasteiger partial charge in [-0.2, -0.15) is 0 Å². The minimum absolute atomic E-state index is 0.136. The average molecular weight is 275 g/mol. The highest BCUT2D eigenvalue weighted by molar-refractivity contribution is 5.41. The Kier molecular flexibility index (Phi) is 4.96. The second kappa shape index (κ2) is 6.91. The number of rotatable bonds is 6. The zero-order valence-electron chi connectivity index (χ0n) is 11.4. The summed E-state index contributed by atoms with van der Waals surface area (Å²) in [7, 11) is 1.52. The summed E-state index contributed by atoms with van der Waals surface area (Å²) in [5.74, 6) is 0.396. The van der Waals surface area contributed by atoms with Crippen LogP contribution in [0.3, 0.4) is 0 Å². The highest BCUT2D eigenvalue weighted by Gasteiger charge is 2.02. The summed E-state index contributed by atoms with van der Waals surface area (Å²) in [5.41, 5.74) is 1.94. The lowest BCUT2D eigenvalue weighted by Crippen LogP contribution is -2.16. The summed E-state index contributed by atoms with van der Waals surface area (Å²) in [6.45, 7) is 1.39. The minimum atomic E-state index is -0.206. The largest absolute Gasteiger partial charge is 0.504 e. The molecule has 0 saturated heterocycles. The van der Waals surface area contributed by atoms with E-state index < -0.39 is 0 Å². The van der Waals surface area contributed by atoms with E-state index >= 15 is 0 Å². The van der Waals surface area contributed by atoms with Gasteiger partial charge in [0.15, 0.2) is 11.5 Å². The number of ether oxygens (including phenoxy) is 1. The van der Waals surface area contributed by atoms with Crippen LogP contribution in [0, 0.1) is 5.82 Å². The first-order valence-electron chi connectivity index (χ1n) is 6.50. The topological polar surface area (TPSA) is 41.5 Å². The van der Waals surface area contributed by atoms with Gasteiger partial charge in [-0.25, -0.2) is 4.39 Å². The van der Waals surface area contributed by atoms with Gasteiger partial charge in [0.25, 0.3) is 0 Å². The highest BCUT2D eigenvalue weighted by atomic mass is 19.1. The summed E-state index contributed by atoms with van der Waals surface area (Å²) in [5, 5.41) is 12.9. The van der Waals surface area contributed by atoms with Crippen LogP contribution in [0.4, 0.5) is 4.39 Å². The van der Waals surface area contributed by atoms with Crippen molar-refractivity contribution < 1.29 is 14.2 Å². The first-order valence-corrected chi connectivity index (χ1v) is 6.50. The van der Waals surface area contributed by atoms with Crippen molar-refractivity contribution in [1.82, 2.24) is 5.32 Å². The maximum Gasteiger partial charge on any atom is 0.160 e. The number of phenols is 1. The zero-order valence-corrected chi connectivity index (χ0v) is 11.4. The Morgan fingerprint density at radius 3 is 2.70 bits per heavy atom. The van der Waals surface area contributed by atoms with E-state index in [9.17, 15) is 9.50 Å². The highest BCUT2D eigenvalue weighted by Crippen LogP contribution is 2.25. The second-order valence-corrected chi connectivity index (χ2v) is 4.56. The number of aromatic hydroxyl groups is 1. The number of methoxy groups -OCH3 is 1. The summed E-state index contributed by atoms with van der Waals surface area (Å²) in [6, 6.07) is 11.9. The summed E-state index contributed by atoms with van der Waals surface area (Å²) in [4.78, 5) is 0. The van der Waals surface area contributed by atoms with Gasteiger partial charge in [-0.3, -0.25) is 0 Å². The minimum Gasteiger partial charge on any atom is -0.504 e. The first-order chi connectivity index (χ1) is 9.69. The summed E-state index contributed by atoms with van der Waals surface area (Å²) < 4.78 is 18.0. The molecule has 20 heavy (non-hydrogen) atoms. The second-order valence-electron chi connectivity index (χ2n) is 4.56. The molecule has 0 radical (unpaired) electrons. The third-order valence-corrected chi connectivity index (χ3v) is 3.05. The van der Waals surface area contributed by atoms with Gasteiger partial charge in [0.05, 0.1) is 7.11 Å². The molecule has 3 nitrogen and oxygen atoms in total. The first kappa shape index (κ1) is 14.3. The molecule has 2 aromatic rings. The molecule has 4 heteroatoms. The molecule has 0 saturated carbocycles. The number of phenolic OH excluding ortho intramolecular Hbond substituents is 1. The Hall–Kier alpha value is -2.07. The van der Waals surface area contributed by atoms with Gasteiger partial charge in [-0.1, -0.05) is 18.2 Å². The van der Waals surface area contributed by atoms with Crippen LogP contribution >= 0.6 is 0 Å². The fourth-order valence-corrected chi connectivity index (χ4v) is 2.00. The molecule has 2 aromatic carbocycles. The zero-order chi connectivity index (χ0) is 14.4. The van der Waals surface area contributed by atoms with Gasteiger partial charge >= 0.3 is 0 Å². The normalized spacial score (nSPS) is 10.5. The number of hydrogen-bond acceptors (Lipinski definition) is 3. The predicted molar refractivity (Wildman–Crippen MR) is 76.5 cm³/mol. The Labute approximate surface area is 118 Å². The van der Waals surface area contributed by atoms with Crippen LogP contribution in [-0.4, -0.2) is 18.8 Å². The Morgan fingerprint density at radius 2 is 2.00 bits per heavy atom. The number of hydrogen-bond donors (Lipinski definition) is 2. The molecule has 0 atom stereocenters. The maximum absolute atomic E-state index is 13.0. The smallest absolute Gasteiger partial charge is 0.160 e. The molecule has 0 aliphatic heterocycles. The molecular weight excluding hydrogens is 257 g/mol. The number of nitrogens with one attached hydrogen (secondary N) is 1. The van der Waals surface area contributed by atoms with E-state index in [2.05, 4.69) is 5.32 Å². The average Bonchev–Trinajstić information content (AvgIpc) is 2.44. The van der Waals surface area contributed by atoms with E-state index in [4.69, 9.17) is 4.74 Å². The van der Waals surface area contributed by atoms with E-state index in [1.807, 2.05) is 12.1 Å². The SMILES string of the molecule is COc1ccc(CNCCc2cccc(F)c2)cc1O. The molecule has 0 fully saturated rings. The Bertz CT molecular complexity index is 572. The molecule has 106 valence electrons. The van der Waals surface area contributed by atoms with Crippen LogP contribution in [0.25, 0.3) is 0 Å². The van der Waals surface area contributed by atoms with Crippen LogP contribution in [0.2, 0.25) is 0 Å². The lowest BCUT2D eigenvalue weighted by Gasteiger charge is -2.08. The van der Waals surface area contributed by atoms with Crippen molar-refractivity contribution in [3.63, 3.8) is 0 Å². The standard InChI is InChI=1S/C16H18FNO2/c1-20-16-6-5-13(10-15(16)19)11-18-8-7-12-3-2-4-14(17)9-12/h2-6,9-10,18-19H,7-8,11H2,1H3. The van der Waals surface area contributed by atoms with Gasteiger partial charge in [0.1, 0.15) is 5.82 Å². The third-order valence-electron chi connectivity index (χ3n) is 3.05. The molecule has 0 unspecified atom stereocenters. The van der Waals surface area contributed by atoms with Crippen molar-refractivity contribution in [2.24, 2.45) is 0 Å². The van der Waals surface area contributed by atoms with Gasteiger partial charge in [-0.15, -0.1) is 0 Å². The molecule has 0 aliphatic carbocycles. The van der Waals surface area contributed by atoms with Crippen molar-refractivity contribution in [3.05, 3.63) is 59.4 Å². The van der Waals surface area contributed by atoms with Gasteiger partial charge in [0, 0.05) is 6.54 Å². The number of benzene rings is 2. The van der Waals surface area contributed by atoms with E-state index in [0.29, 0.717) is 12.3 Å². The molecule has 0 heterocycles. The lowest BCUT2D eigenvalue weighted by atomic mass is 10.1. The van der Waals surface area contributed by atoms with E-state index in [-0.39, 0.29) is 11.6 Å². The van der Waals surface area contributed by atoms with Gasteiger partial charge in [-0.05, 0) is 48.4 Å². The third kappa shape index (κ3) is 3.96. The molecule has 0 bridgehead atoms. The van der Waals surface area contributed by atoms with Crippen LogP contribution in [0.1, 0.15) is 11.1 Å². The van der Waals surface area contributed by atoms with Crippen LogP contribution in [0.15, 0.2) is 42.5 Å². The predicted octanol–water partition coefficient (Wildman–Crippen LogP) is 2.87. The summed E-state index contributed by atoms with van der Waals surface area (Å²) in [6.07, 6.45) is 0.764. The number of halogens is 1. The molecule has 0 amide bonds. The van der Waals surface area contributed by atoms with Crippen LogP contribution in [-0.2, 0) is 13.0 Å². The van der Waals surface area contributed by atoms with Crippen LogP contribution in [0.5, 0.6) is 11.5 Å². The monoisotopic (exact) mass is 275 g/mol. The van der Waals surface area contributed by atoms with E-state index in [1.165, 1.54) is 13.2 Å². The quantitative estimate of drug-likeness (QED) is 0.797. The molecule has 2 N–H and O–H groups in total. The maximum atomic E-state index is 13.0. The summed E-state index contributed by atoms with van der Waals surface area (Å²) >= 11 is 0. The fourth-order valence-electron chi connectivity index (χ4n) is 2.00. The lowest BCUT2D eigenvalue weighted by molar-refractivity contribution is 0.373. The fraction of sp³-hybridized carbons (Fsp3) is 0.250. The van der Waals surface area contributed by atoms with Crippen molar-refractivity contribution in [2.75, 3.05) is 13.7 Å². The Morgan fingerprint density at radius 1 is 1.15 bits per heavy atom. The van der Waals surface area contributed by atoms with Crippen molar-refractivity contribution in [1.29, 1.82) is 0 Å². The molecule has 2 rings (SSSR count). The van der Waals surface area contributed by atoms with Crippen molar-refractivity contribution >= 4 is 0 Å². The van der Waals surface area contributed by atoms with Crippen molar-refractivity contribution in [3.8, 4) is 11.5 Å². The molecular formula is C16H18FNO2. The van der Waals surface area contributed by atoms with E-state index in [1.54, 1.807) is 24.3 Å². The molecule has 0 aromatic heterocycles. The van der Waals surface area contributed by atoms with E-state index in [0.717, 1.165) is 24.1 Å². The van der Waals surface area contributed by atoms with Gasteiger partial charge < -0.3 is 15.2 Å². The molecule has 0 spiro atoms. The Balaban J connectivity index is 1.80. The van der Waals surface area contributed by atoms with Crippen LogP contribution < -0.4 is 10.1 Å².